The first-order valence-electron chi connectivity index (χ1n) is 6.88. The zero-order valence-electron chi connectivity index (χ0n) is 11.8. The van der Waals surface area contributed by atoms with E-state index < -0.39 is 0 Å². The molecule has 1 fully saturated rings. The van der Waals surface area contributed by atoms with Crippen molar-refractivity contribution in [1.82, 2.24) is 10.3 Å². The Kier molecular flexibility index (Phi) is 4.06. The molecule has 2 aromatic rings. The highest BCUT2D eigenvalue weighted by atomic mass is 32.1. The van der Waals surface area contributed by atoms with Crippen molar-refractivity contribution in [1.29, 1.82) is 0 Å². The third-order valence-electron chi connectivity index (χ3n) is 3.25. The molecule has 1 aliphatic rings. The van der Waals surface area contributed by atoms with Crippen LogP contribution in [0.25, 0.3) is 0 Å². The van der Waals surface area contributed by atoms with E-state index in [0.717, 1.165) is 29.3 Å². The molecule has 0 saturated heterocycles. The van der Waals surface area contributed by atoms with Gasteiger partial charge in [0, 0.05) is 18.0 Å². The standard InChI is InChI=1S/C15H17N3O2S/c1-20-12-6-2-10(3-7-12)8-16-15-18-13(9-21-15)14(19)17-11-4-5-11/h2-3,6-7,9,11H,4-5,8H2,1H3,(H,16,18)(H,17,19). The van der Waals surface area contributed by atoms with Crippen molar-refractivity contribution in [2.45, 2.75) is 25.4 Å². The van der Waals surface area contributed by atoms with Crippen LogP contribution in [0.5, 0.6) is 5.75 Å². The Morgan fingerprint density at radius 1 is 1.38 bits per heavy atom. The van der Waals surface area contributed by atoms with Crippen LogP contribution in [0.4, 0.5) is 5.13 Å². The molecule has 0 aliphatic heterocycles. The first-order chi connectivity index (χ1) is 10.2. The van der Waals surface area contributed by atoms with E-state index in [9.17, 15) is 4.79 Å². The van der Waals surface area contributed by atoms with Crippen molar-refractivity contribution in [3.8, 4) is 5.75 Å². The fraction of sp³-hybridized carbons (Fsp3) is 0.333. The second-order valence-electron chi connectivity index (χ2n) is 4.99. The van der Waals surface area contributed by atoms with E-state index in [-0.39, 0.29) is 5.91 Å². The molecular formula is C15H17N3O2S. The number of carbonyl (C=O) groups excluding carboxylic acids is 1. The van der Waals surface area contributed by atoms with Crippen molar-refractivity contribution >= 4 is 22.4 Å². The molecule has 1 saturated carbocycles. The molecule has 0 spiro atoms. The molecule has 21 heavy (non-hydrogen) atoms. The molecule has 0 radical (unpaired) electrons. The number of nitrogens with zero attached hydrogens (tertiary/aromatic N) is 1. The number of nitrogens with one attached hydrogen (secondary N) is 2. The van der Waals surface area contributed by atoms with E-state index in [4.69, 9.17) is 4.74 Å². The van der Waals surface area contributed by atoms with Crippen LogP contribution in [0.15, 0.2) is 29.6 Å². The summed E-state index contributed by atoms with van der Waals surface area (Å²) in [7, 11) is 1.65. The first-order valence-corrected chi connectivity index (χ1v) is 7.76. The molecule has 0 bridgehead atoms. The normalized spacial score (nSPS) is 13.8. The number of anilines is 1. The van der Waals surface area contributed by atoms with Gasteiger partial charge in [-0.3, -0.25) is 4.79 Å². The van der Waals surface area contributed by atoms with E-state index in [0.29, 0.717) is 18.3 Å². The fourth-order valence-electron chi connectivity index (χ4n) is 1.87. The third kappa shape index (κ3) is 3.72. The van der Waals surface area contributed by atoms with Crippen LogP contribution in [0, 0.1) is 0 Å². The summed E-state index contributed by atoms with van der Waals surface area (Å²) in [6.45, 7) is 0.668. The Hall–Kier alpha value is -2.08. The number of rotatable bonds is 6. The minimum absolute atomic E-state index is 0.0775. The molecule has 1 heterocycles. The number of hydrogen-bond donors (Lipinski definition) is 2. The van der Waals surface area contributed by atoms with Gasteiger partial charge in [-0.2, -0.15) is 0 Å². The van der Waals surface area contributed by atoms with E-state index in [1.54, 1.807) is 12.5 Å². The zero-order chi connectivity index (χ0) is 14.7. The number of ether oxygens (including phenoxy) is 1. The molecule has 2 N–H and O–H groups in total. The summed E-state index contributed by atoms with van der Waals surface area (Å²) < 4.78 is 5.12. The van der Waals surface area contributed by atoms with Crippen LogP contribution in [-0.2, 0) is 6.54 Å². The average Bonchev–Trinajstić information content (AvgIpc) is 3.19. The Morgan fingerprint density at radius 3 is 2.81 bits per heavy atom. The lowest BCUT2D eigenvalue weighted by molar-refractivity contribution is 0.0947. The van der Waals surface area contributed by atoms with E-state index >= 15 is 0 Å². The highest BCUT2D eigenvalue weighted by Gasteiger charge is 2.24. The number of carbonyl (C=O) groups is 1. The average molecular weight is 303 g/mol. The second-order valence-corrected chi connectivity index (χ2v) is 5.85. The van der Waals surface area contributed by atoms with E-state index in [2.05, 4.69) is 15.6 Å². The molecule has 1 amide bonds. The lowest BCUT2D eigenvalue weighted by Crippen LogP contribution is -2.25. The molecule has 0 unspecified atom stereocenters. The first kappa shape index (κ1) is 13.9. The molecule has 0 atom stereocenters. The van der Waals surface area contributed by atoms with Gasteiger partial charge >= 0.3 is 0 Å². The molecule has 110 valence electrons. The monoisotopic (exact) mass is 303 g/mol. The number of aromatic nitrogens is 1. The fourth-order valence-corrected chi connectivity index (χ4v) is 2.56. The molecule has 1 aliphatic carbocycles. The number of thiazole rings is 1. The van der Waals surface area contributed by atoms with Gasteiger partial charge in [0.25, 0.3) is 5.91 Å². The molecular weight excluding hydrogens is 286 g/mol. The summed E-state index contributed by atoms with van der Waals surface area (Å²) in [5.74, 6) is 0.762. The van der Waals surface area contributed by atoms with Crippen molar-refractivity contribution in [3.63, 3.8) is 0 Å². The predicted octanol–water partition coefficient (Wildman–Crippen LogP) is 2.66. The molecule has 6 heteroatoms. The maximum absolute atomic E-state index is 11.8. The van der Waals surface area contributed by atoms with Crippen molar-refractivity contribution in [2.24, 2.45) is 0 Å². The Morgan fingerprint density at radius 2 is 2.14 bits per heavy atom. The number of methoxy groups -OCH3 is 1. The van der Waals surface area contributed by atoms with Gasteiger partial charge < -0.3 is 15.4 Å². The van der Waals surface area contributed by atoms with Crippen LogP contribution in [0.2, 0.25) is 0 Å². The molecule has 3 rings (SSSR count). The summed E-state index contributed by atoms with van der Waals surface area (Å²) in [6.07, 6.45) is 2.16. The van der Waals surface area contributed by atoms with Gasteiger partial charge in [0.1, 0.15) is 11.4 Å². The Labute approximate surface area is 127 Å². The largest absolute Gasteiger partial charge is 0.497 e. The molecule has 5 nitrogen and oxygen atoms in total. The maximum atomic E-state index is 11.8. The van der Waals surface area contributed by atoms with Gasteiger partial charge in [0.05, 0.1) is 7.11 Å². The van der Waals surface area contributed by atoms with Gasteiger partial charge in [-0.25, -0.2) is 4.98 Å². The number of amides is 1. The van der Waals surface area contributed by atoms with Crippen LogP contribution >= 0.6 is 11.3 Å². The minimum Gasteiger partial charge on any atom is -0.497 e. The minimum atomic E-state index is -0.0775. The number of hydrogen-bond acceptors (Lipinski definition) is 5. The van der Waals surface area contributed by atoms with E-state index in [1.165, 1.54) is 11.3 Å². The summed E-state index contributed by atoms with van der Waals surface area (Å²) in [4.78, 5) is 16.2. The second kappa shape index (κ2) is 6.13. The molecule has 1 aromatic heterocycles. The summed E-state index contributed by atoms with van der Waals surface area (Å²) in [6, 6.07) is 8.20. The summed E-state index contributed by atoms with van der Waals surface area (Å²) in [5.41, 5.74) is 1.62. The molecule has 1 aromatic carbocycles. The summed E-state index contributed by atoms with van der Waals surface area (Å²) in [5, 5.41) is 8.70. The topological polar surface area (TPSA) is 63.2 Å². The van der Waals surface area contributed by atoms with Crippen molar-refractivity contribution in [2.75, 3.05) is 12.4 Å². The maximum Gasteiger partial charge on any atom is 0.271 e. The van der Waals surface area contributed by atoms with Gasteiger partial charge in [-0.05, 0) is 30.5 Å². The van der Waals surface area contributed by atoms with Crippen molar-refractivity contribution < 1.29 is 9.53 Å². The lowest BCUT2D eigenvalue weighted by Gasteiger charge is -2.04. The Bertz CT molecular complexity index is 620. The smallest absolute Gasteiger partial charge is 0.271 e. The highest BCUT2D eigenvalue weighted by Crippen LogP contribution is 2.21. The Balaban J connectivity index is 1.54. The van der Waals surface area contributed by atoms with Crippen LogP contribution < -0.4 is 15.4 Å². The van der Waals surface area contributed by atoms with Gasteiger partial charge in [-0.1, -0.05) is 12.1 Å². The SMILES string of the molecule is COc1ccc(CNc2nc(C(=O)NC3CC3)cs2)cc1. The van der Waals surface area contributed by atoms with Crippen LogP contribution in [0.1, 0.15) is 28.9 Å². The van der Waals surface area contributed by atoms with Gasteiger partial charge in [-0.15, -0.1) is 11.3 Å². The summed E-state index contributed by atoms with van der Waals surface area (Å²) >= 11 is 1.44. The van der Waals surface area contributed by atoms with Crippen molar-refractivity contribution in [3.05, 3.63) is 40.9 Å². The zero-order valence-corrected chi connectivity index (χ0v) is 12.6. The van der Waals surface area contributed by atoms with Gasteiger partial charge in [0.15, 0.2) is 5.13 Å². The van der Waals surface area contributed by atoms with Crippen LogP contribution in [-0.4, -0.2) is 24.0 Å². The highest BCUT2D eigenvalue weighted by molar-refractivity contribution is 7.13. The lowest BCUT2D eigenvalue weighted by atomic mass is 10.2. The number of benzene rings is 1. The van der Waals surface area contributed by atoms with Gasteiger partial charge in [0.2, 0.25) is 0 Å². The third-order valence-corrected chi connectivity index (χ3v) is 4.05. The predicted molar refractivity (Wildman–Crippen MR) is 82.9 cm³/mol. The van der Waals surface area contributed by atoms with Crippen LogP contribution in [0.3, 0.4) is 0 Å². The van der Waals surface area contributed by atoms with E-state index in [1.807, 2.05) is 24.3 Å². The quantitative estimate of drug-likeness (QED) is 0.861.